The Morgan fingerprint density at radius 1 is 0.636 bits per heavy atom. The highest BCUT2D eigenvalue weighted by molar-refractivity contribution is 5.81. The van der Waals surface area contributed by atoms with Gasteiger partial charge in [0.25, 0.3) is 0 Å². The standard InChI is InChI=1S/C12H5F17O4/c1-2-4(30)31-3-5(13,8(17,18)19)32-12(28,29)7(16,10(23,24)25)33-11(26,27)6(14,15)9(20,21)22/h2H,1,3H2/t5-,7-/m0/s1. The number of rotatable bonds is 9. The van der Waals surface area contributed by atoms with Gasteiger partial charge in [0.05, 0.1) is 0 Å². The molecule has 0 N–H and O–H groups in total. The summed E-state index contributed by atoms with van der Waals surface area (Å²) >= 11 is 0. The third kappa shape index (κ3) is 5.90. The van der Waals surface area contributed by atoms with Crippen LogP contribution in [0.25, 0.3) is 0 Å². The van der Waals surface area contributed by atoms with Gasteiger partial charge in [0.15, 0.2) is 6.61 Å². The SMILES string of the molecule is C=CC(=O)OC[C@](F)(OC(F)(F)[C@@](F)(OC(F)(F)C(F)(F)C(F)(F)F)C(F)(F)F)C(F)(F)F. The van der Waals surface area contributed by atoms with Gasteiger partial charge in [-0.15, -0.1) is 0 Å². The van der Waals surface area contributed by atoms with Crippen LogP contribution < -0.4 is 0 Å². The van der Waals surface area contributed by atoms with E-state index in [1.165, 1.54) is 4.74 Å². The Bertz CT molecular complexity index is 723. The highest BCUT2D eigenvalue weighted by Gasteiger charge is 2.85. The molecule has 0 aliphatic heterocycles. The molecule has 33 heavy (non-hydrogen) atoms. The number of hydrogen-bond acceptors (Lipinski definition) is 4. The number of alkyl halides is 17. The van der Waals surface area contributed by atoms with Crippen molar-refractivity contribution in [1.82, 2.24) is 0 Å². The van der Waals surface area contributed by atoms with Crippen molar-refractivity contribution in [2.45, 2.75) is 48.4 Å². The zero-order valence-electron chi connectivity index (χ0n) is 14.5. The summed E-state index contributed by atoms with van der Waals surface area (Å²) in [6.45, 7) is -0.684. The van der Waals surface area contributed by atoms with Crippen molar-refractivity contribution in [2.75, 3.05) is 6.61 Å². The van der Waals surface area contributed by atoms with Gasteiger partial charge in [-0.25, -0.2) is 4.79 Å². The summed E-state index contributed by atoms with van der Waals surface area (Å²) in [6, 6.07) is 0. The van der Waals surface area contributed by atoms with Crippen LogP contribution in [0.4, 0.5) is 74.6 Å². The van der Waals surface area contributed by atoms with Gasteiger partial charge in [0, 0.05) is 6.08 Å². The maximum atomic E-state index is 13.8. The topological polar surface area (TPSA) is 44.8 Å². The molecule has 0 unspecified atom stereocenters. The minimum atomic E-state index is -7.98. The third-order valence-corrected chi connectivity index (χ3v) is 3.01. The molecule has 0 aromatic carbocycles. The second-order valence-electron chi connectivity index (χ2n) is 5.44. The molecule has 0 aliphatic carbocycles. The van der Waals surface area contributed by atoms with E-state index in [1.54, 1.807) is 0 Å². The zero-order valence-corrected chi connectivity index (χ0v) is 14.5. The summed E-state index contributed by atoms with van der Waals surface area (Å²) in [5, 5.41) is 0. The first kappa shape index (κ1) is 30.9. The smallest absolute Gasteiger partial charge is 0.456 e. The molecule has 0 bridgehead atoms. The van der Waals surface area contributed by atoms with Gasteiger partial charge >= 0.3 is 54.3 Å². The molecule has 0 aromatic rings. The van der Waals surface area contributed by atoms with Gasteiger partial charge < -0.3 is 4.74 Å². The van der Waals surface area contributed by atoms with E-state index in [0.29, 0.717) is 0 Å². The summed E-state index contributed by atoms with van der Waals surface area (Å²) in [6.07, 6.45) is -38.2. The van der Waals surface area contributed by atoms with Gasteiger partial charge in [-0.05, 0) is 0 Å². The molecule has 0 heterocycles. The monoisotopic (exact) mass is 536 g/mol. The van der Waals surface area contributed by atoms with Crippen LogP contribution in [0.2, 0.25) is 0 Å². The molecule has 0 radical (unpaired) electrons. The zero-order chi connectivity index (χ0) is 27.1. The van der Waals surface area contributed by atoms with Crippen LogP contribution >= 0.6 is 0 Å². The molecule has 21 heteroatoms. The van der Waals surface area contributed by atoms with E-state index in [9.17, 15) is 79.4 Å². The average molecular weight is 536 g/mol. The van der Waals surface area contributed by atoms with Crippen LogP contribution in [0.15, 0.2) is 12.7 Å². The molecule has 0 saturated heterocycles. The lowest BCUT2D eigenvalue weighted by Gasteiger charge is -2.40. The first-order valence-corrected chi connectivity index (χ1v) is 7.03. The van der Waals surface area contributed by atoms with Crippen molar-refractivity contribution >= 4 is 5.97 Å². The molecule has 0 aromatic heterocycles. The molecule has 2 atom stereocenters. The summed E-state index contributed by atoms with van der Waals surface area (Å²) in [7, 11) is 0. The Kier molecular flexibility index (Phi) is 8.08. The van der Waals surface area contributed by atoms with Crippen LogP contribution in [0.3, 0.4) is 0 Å². The van der Waals surface area contributed by atoms with E-state index in [2.05, 4.69) is 11.3 Å². The van der Waals surface area contributed by atoms with Gasteiger partial charge in [-0.1, -0.05) is 6.58 Å². The molecular formula is C12H5F17O4. The van der Waals surface area contributed by atoms with E-state index >= 15 is 0 Å². The van der Waals surface area contributed by atoms with E-state index in [4.69, 9.17) is 0 Å². The van der Waals surface area contributed by atoms with Crippen molar-refractivity contribution in [2.24, 2.45) is 0 Å². The second-order valence-corrected chi connectivity index (χ2v) is 5.44. The Hall–Kier alpha value is -2.06. The molecular weight excluding hydrogens is 531 g/mol. The normalized spacial score (nSPS) is 18.3. The second kappa shape index (κ2) is 8.62. The lowest BCUT2D eigenvalue weighted by Crippen LogP contribution is -2.67. The van der Waals surface area contributed by atoms with Crippen LogP contribution in [0, 0.1) is 0 Å². The fraction of sp³-hybridized carbons (Fsp3) is 0.750. The maximum absolute atomic E-state index is 13.8. The third-order valence-electron chi connectivity index (χ3n) is 3.01. The summed E-state index contributed by atoms with van der Waals surface area (Å²) in [5.41, 5.74) is 0. The Balaban J connectivity index is 6.57. The van der Waals surface area contributed by atoms with E-state index in [1.807, 2.05) is 4.74 Å². The van der Waals surface area contributed by atoms with Crippen molar-refractivity contribution in [3.8, 4) is 0 Å². The van der Waals surface area contributed by atoms with Crippen LogP contribution in [-0.2, 0) is 19.0 Å². The lowest BCUT2D eigenvalue weighted by atomic mass is 10.2. The first-order valence-electron chi connectivity index (χ1n) is 7.03. The van der Waals surface area contributed by atoms with E-state index < -0.39 is 61.0 Å². The quantitative estimate of drug-likeness (QED) is 0.219. The molecule has 4 nitrogen and oxygen atoms in total. The molecule has 196 valence electrons. The lowest BCUT2D eigenvalue weighted by molar-refractivity contribution is -0.552. The average Bonchev–Trinajstić information content (AvgIpc) is 2.55. The van der Waals surface area contributed by atoms with E-state index in [0.717, 1.165) is 0 Å². The minimum absolute atomic E-state index is 0.0764. The summed E-state index contributed by atoms with van der Waals surface area (Å²) in [4.78, 5) is 10.6. The Morgan fingerprint density at radius 2 is 1.06 bits per heavy atom. The van der Waals surface area contributed by atoms with Gasteiger partial charge in [0.1, 0.15) is 0 Å². The molecule has 0 spiro atoms. The highest BCUT2D eigenvalue weighted by atomic mass is 19.4. The number of carbonyl (C=O) groups is 1. The van der Waals surface area contributed by atoms with Gasteiger partial charge in [-0.3, -0.25) is 9.47 Å². The molecule has 0 fully saturated rings. The van der Waals surface area contributed by atoms with Crippen molar-refractivity contribution in [1.29, 1.82) is 0 Å². The van der Waals surface area contributed by atoms with Crippen LogP contribution in [-0.4, -0.2) is 61.0 Å². The fourth-order valence-corrected chi connectivity index (χ4v) is 1.35. The van der Waals surface area contributed by atoms with Crippen LogP contribution in [0.1, 0.15) is 0 Å². The van der Waals surface area contributed by atoms with E-state index in [-0.39, 0.29) is 6.08 Å². The first-order chi connectivity index (χ1) is 14.1. The number of halogens is 17. The Labute approximate surface area is 168 Å². The largest absolute Gasteiger partial charge is 0.462 e. The molecule has 0 saturated carbocycles. The molecule has 0 rings (SSSR count). The summed E-state index contributed by atoms with van der Waals surface area (Å²) < 4.78 is 224. The molecule has 0 aliphatic rings. The summed E-state index contributed by atoms with van der Waals surface area (Å²) in [5.74, 6) is -24.3. The number of esters is 1. The van der Waals surface area contributed by atoms with Crippen LogP contribution in [0.5, 0.6) is 0 Å². The van der Waals surface area contributed by atoms with Gasteiger partial charge in [-0.2, -0.15) is 74.6 Å². The Morgan fingerprint density at radius 3 is 1.36 bits per heavy atom. The molecule has 0 amide bonds. The predicted octanol–water partition coefficient (Wildman–Crippen LogP) is 5.59. The van der Waals surface area contributed by atoms with Crippen molar-refractivity contribution < 1.29 is 93.6 Å². The minimum Gasteiger partial charge on any atom is -0.456 e. The maximum Gasteiger partial charge on any atom is 0.462 e. The van der Waals surface area contributed by atoms with Gasteiger partial charge in [0.2, 0.25) is 0 Å². The highest BCUT2D eigenvalue weighted by Crippen LogP contribution is 2.56. The number of hydrogen-bond donors (Lipinski definition) is 0. The van der Waals surface area contributed by atoms with Crippen molar-refractivity contribution in [3.05, 3.63) is 12.7 Å². The van der Waals surface area contributed by atoms with Crippen molar-refractivity contribution in [3.63, 3.8) is 0 Å². The predicted molar refractivity (Wildman–Crippen MR) is 64.0 cm³/mol. The number of carbonyl (C=O) groups excluding carboxylic acids is 1. The number of ether oxygens (including phenoxy) is 3. The fourth-order valence-electron chi connectivity index (χ4n) is 1.35.